The molecule has 3 rings (SSSR count). The van der Waals surface area contributed by atoms with E-state index in [9.17, 15) is 8.78 Å². The molecule has 8 heteroatoms. The van der Waals surface area contributed by atoms with Crippen LogP contribution in [-0.2, 0) is 0 Å². The van der Waals surface area contributed by atoms with E-state index >= 15 is 0 Å². The molecule has 108 valence electrons. The first kappa shape index (κ1) is 15.0. The number of aromatic amines is 1. The fourth-order valence-electron chi connectivity index (χ4n) is 2.03. The summed E-state index contributed by atoms with van der Waals surface area (Å²) in [5, 5.41) is -0.266. The SMILES string of the molecule is Fc1cc2c(cc1Br)[nH]c(=S)n2-c1cc(Cl)c(F)c(Cl)c1. The third-order valence-corrected chi connectivity index (χ3v) is 4.39. The number of hydrogen-bond donors (Lipinski definition) is 1. The zero-order valence-electron chi connectivity index (χ0n) is 10.1. The number of H-pyrrole nitrogens is 1. The number of imidazole rings is 1. The molecular formula is C13H5BrCl2F2N2S. The zero-order chi connectivity index (χ0) is 15.3. The number of nitrogens with zero attached hydrogens (tertiary/aromatic N) is 1. The normalized spacial score (nSPS) is 11.3. The minimum Gasteiger partial charge on any atom is -0.330 e. The second-order valence-electron chi connectivity index (χ2n) is 4.27. The fraction of sp³-hybridized carbons (Fsp3) is 0. The van der Waals surface area contributed by atoms with E-state index < -0.39 is 11.6 Å². The van der Waals surface area contributed by atoms with E-state index in [0.29, 0.717) is 26.0 Å². The molecule has 2 aromatic carbocycles. The second kappa shape index (κ2) is 5.35. The first-order chi connectivity index (χ1) is 9.88. The Morgan fingerprint density at radius 3 is 2.33 bits per heavy atom. The Labute approximate surface area is 141 Å². The van der Waals surface area contributed by atoms with Crippen LogP contribution in [0.15, 0.2) is 28.7 Å². The molecule has 0 saturated carbocycles. The number of fused-ring (bicyclic) bond motifs is 1. The molecule has 0 saturated heterocycles. The minimum atomic E-state index is -0.706. The summed E-state index contributed by atoms with van der Waals surface area (Å²) in [5.41, 5.74) is 1.58. The predicted molar refractivity (Wildman–Crippen MR) is 86.1 cm³/mol. The van der Waals surface area contributed by atoms with Gasteiger partial charge in [0.05, 0.1) is 31.2 Å². The Morgan fingerprint density at radius 2 is 1.71 bits per heavy atom. The van der Waals surface area contributed by atoms with E-state index in [0.717, 1.165) is 0 Å². The molecule has 0 aliphatic carbocycles. The van der Waals surface area contributed by atoms with Crippen LogP contribution in [0.25, 0.3) is 16.7 Å². The number of aromatic nitrogens is 2. The molecule has 0 unspecified atom stereocenters. The highest BCUT2D eigenvalue weighted by Gasteiger charge is 2.14. The van der Waals surface area contributed by atoms with Gasteiger partial charge in [-0.3, -0.25) is 4.57 Å². The lowest BCUT2D eigenvalue weighted by molar-refractivity contribution is 0.622. The lowest BCUT2D eigenvalue weighted by Gasteiger charge is -2.07. The van der Waals surface area contributed by atoms with Crippen LogP contribution in [0.4, 0.5) is 8.78 Å². The number of halogens is 5. The molecule has 0 spiro atoms. The van der Waals surface area contributed by atoms with E-state index in [1.54, 1.807) is 6.07 Å². The highest BCUT2D eigenvalue weighted by Crippen LogP contribution is 2.30. The van der Waals surface area contributed by atoms with E-state index in [-0.39, 0.29) is 10.0 Å². The van der Waals surface area contributed by atoms with Crippen molar-refractivity contribution in [2.75, 3.05) is 0 Å². The molecule has 0 aliphatic rings. The van der Waals surface area contributed by atoms with E-state index in [4.69, 9.17) is 35.4 Å². The summed E-state index contributed by atoms with van der Waals surface area (Å²) < 4.78 is 29.4. The highest BCUT2D eigenvalue weighted by atomic mass is 79.9. The van der Waals surface area contributed by atoms with Gasteiger partial charge in [0.15, 0.2) is 10.6 Å². The first-order valence-corrected chi connectivity index (χ1v) is 7.59. The topological polar surface area (TPSA) is 20.7 Å². The van der Waals surface area contributed by atoms with Gasteiger partial charge in [-0.2, -0.15) is 0 Å². The fourth-order valence-corrected chi connectivity index (χ4v) is 3.16. The Bertz CT molecular complexity index is 913. The van der Waals surface area contributed by atoms with Gasteiger partial charge in [-0.1, -0.05) is 23.2 Å². The maximum atomic E-state index is 13.8. The summed E-state index contributed by atoms with van der Waals surface area (Å²) in [4.78, 5) is 2.95. The van der Waals surface area contributed by atoms with Crippen LogP contribution < -0.4 is 0 Å². The summed E-state index contributed by atoms with van der Waals surface area (Å²) in [7, 11) is 0. The monoisotopic (exact) mass is 408 g/mol. The van der Waals surface area contributed by atoms with Crippen molar-refractivity contribution in [3.05, 3.63) is 55.2 Å². The molecule has 2 nitrogen and oxygen atoms in total. The van der Waals surface area contributed by atoms with Gasteiger partial charge < -0.3 is 4.98 Å². The van der Waals surface area contributed by atoms with Crippen molar-refractivity contribution in [3.8, 4) is 5.69 Å². The van der Waals surface area contributed by atoms with Gasteiger partial charge in [0, 0.05) is 6.07 Å². The lowest BCUT2D eigenvalue weighted by atomic mass is 10.2. The van der Waals surface area contributed by atoms with Crippen LogP contribution in [-0.4, -0.2) is 9.55 Å². The van der Waals surface area contributed by atoms with Crippen LogP contribution in [0, 0.1) is 16.4 Å². The molecule has 21 heavy (non-hydrogen) atoms. The minimum absolute atomic E-state index is 0.133. The lowest BCUT2D eigenvalue weighted by Crippen LogP contribution is -1.96. The van der Waals surface area contributed by atoms with Crippen LogP contribution in [0.1, 0.15) is 0 Å². The average molecular weight is 410 g/mol. The summed E-state index contributed by atoms with van der Waals surface area (Å²) in [6.07, 6.45) is 0. The average Bonchev–Trinajstić information content (AvgIpc) is 2.71. The summed E-state index contributed by atoms with van der Waals surface area (Å²) >= 11 is 19.9. The molecule has 0 aliphatic heterocycles. The van der Waals surface area contributed by atoms with Gasteiger partial charge in [-0.25, -0.2) is 8.78 Å². The van der Waals surface area contributed by atoms with Crippen LogP contribution in [0.2, 0.25) is 10.0 Å². The van der Waals surface area contributed by atoms with E-state index in [1.165, 1.54) is 22.8 Å². The number of benzene rings is 2. The van der Waals surface area contributed by atoms with E-state index in [2.05, 4.69) is 20.9 Å². The molecule has 0 atom stereocenters. The van der Waals surface area contributed by atoms with Crippen molar-refractivity contribution in [2.45, 2.75) is 0 Å². The molecule has 0 fully saturated rings. The quantitative estimate of drug-likeness (QED) is 0.384. The number of hydrogen-bond acceptors (Lipinski definition) is 1. The molecular weight excluding hydrogens is 405 g/mol. The maximum absolute atomic E-state index is 13.8. The summed E-state index contributed by atoms with van der Waals surface area (Å²) in [6.45, 7) is 0. The number of rotatable bonds is 1. The standard InChI is InChI=1S/C13H5BrCl2F2N2S/c14-6-3-10-11(4-9(6)17)20(13(21)19-10)5-1-7(15)12(18)8(16)2-5/h1-4H,(H,19,21). The zero-order valence-corrected chi connectivity index (χ0v) is 14.0. The van der Waals surface area contributed by atoms with Crippen molar-refractivity contribution in [1.29, 1.82) is 0 Å². The molecule has 0 bridgehead atoms. The summed E-state index contributed by atoms with van der Waals surface area (Å²) in [6, 6.07) is 5.65. The molecule has 1 aromatic heterocycles. The van der Waals surface area contributed by atoms with Gasteiger partial charge in [-0.05, 0) is 46.3 Å². The van der Waals surface area contributed by atoms with Gasteiger partial charge >= 0.3 is 0 Å². The van der Waals surface area contributed by atoms with Gasteiger partial charge in [0.25, 0.3) is 0 Å². The highest BCUT2D eigenvalue weighted by molar-refractivity contribution is 9.10. The Kier molecular flexibility index (Phi) is 3.81. The maximum Gasteiger partial charge on any atom is 0.182 e. The molecule has 1 N–H and O–H groups in total. The second-order valence-corrected chi connectivity index (χ2v) is 6.33. The number of nitrogens with one attached hydrogen (secondary N) is 1. The van der Waals surface area contributed by atoms with Crippen LogP contribution in [0.3, 0.4) is 0 Å². The third kappa shape index (κ3) is 2.50. The van der Waals surface area contributed by atoms with Crippen molar-refractivity contribution in [1.82, 2.24) is 9.55 Å². The van der Waals surface area contributed by atoms with Gasteiger partial charge in [0.2, 0.25) is 0 Å². The first-order valence-electron chi connectivity index (χ1n) is 5.63. The Balaban J connectivity index is 2.37. The molecule has 0 amide bonds. The van der Waals surface area contributed by atoms with Crippen molar-refractivity contribution in [3.63, 3.8) is 0 Å². The van der Waals surface area contributed by atoms with Crippen molar-refractivity contribution < 1.29 is 8.78 Å². The Morgan fingerprint density at radius 1 is 1.10 bits per heavy atom. The molecule has 0 radical (unpaired) electrons. The smallest absolute Gasteiger partial charge is 0.182 e. The van der Waals surface area contributed by atoms with Crippen molar-refractivity contribution >= 4 is 62.4 Å². The third-order valence-electron chi connectivity index (χ3n) is 2.95. The Hall–Kier alpha value is -0.950. The molecule has 1 heterocycles. The van der Waals surface area contributed by atoms with Gasteiger partial charge in [0.1, 0.15) is 5.82 Å². The van der Waals surface area contributed by atoms with Crippen LogP contribution >= 0.6 is 51.3 Å². The predicted octanol–water partition coefficient (Wildman–Crippen LogP) is 6.04. The van der Waals surface area contributed by atoms with Gasteiger partial charge in [-0.15, -0.1) is 0 Å². The van der Waals surface area contributed by atoms with Crippen molar-refractivity contribution in [2.24, 2.45) is 0 Å². The summed E-state index contributed by atoms with van der Waals surface area (Å²) in [5.74, 6) is -1.15. The molecule has 3 aromatic rings. The van der Waals surface area contributed by atoms with E-state index in [1.807, 2.05) is 0 Å². The largest absolute Gasteiger partial charge is 0.330 e. The van der Waals surface area contributed by atoms with Crippen LogP contribution in [0.5, 0.6) is 0 Å².